The van der Waals surface area contributed by atoms with Crippen LogP contribution in [0.3, 0.4) is 0 Å². The average Bonchev–Trinajstić information content (AvgIpc) is 2.36. The number of nitrogens with one attached hydrogen (secondary N) is 1. The summed E-state index contributed by atoms with van der Waals surface area (Å²) >= 11 is 6.11. The summed E-state index contributed by atoms with van der Waals surface area (Å²) in [5.41, 5.74) is 1.14. The minimum Gasteiger partial charge on any atom is -0.489 e. The van der Waals surface area contributed by atoms with Gasteiger partial charge in [-0.15, -0.1) is 0 Å². The molecule has 0 aliphatic heterocycles. The van der Waals surface area contributed by atoms with Crippen molar-refractivity contribution in [1.29, 1.82) is 0 Å². The van der Waals surface area contributed by atoms with Crippen LogP contribution in [-0.2, 0) is 6.42 Å². The lowest BCUT2D eigenvalue weighted by atomic mass is 10.1. The van der Waals surface area contributed by atoms with Gasteiger partial charge in [0.1, 0.15) is 11.9 Å². The van der Waals surface area contributed by atoms with Crippen molar-refractivity contribution < 1.29 is 4.74 Å². The lowest BCUT2D eigenvalue weighted by Gasteiger charge is -2.23. The molecule has 0 heterocycles. The van der Waals surface area contributed by atoms with Gasteiger partial charge in [-0.3, -0.25) is 0 Å². The van der Waals surface area contributed by atoms with Crippen molar-refractivity contribution in [3.8, 4) is 5.75 Å². The Kier molecular flexibility index (Phi) is 6.51. The second-order valence-electron chi connectivity index (χ2n) is 4.81. The molecule has 18 heavy (non-hydrogen) atoms. The van der Waals surface area contributed by atoms with Gasteiger partial charge in [0.25, 0.3) is 0 Å². The van der Waals surface area contributed by atoms with Gasteiger partial charge in [0.2, 0.25) is 0 Å². The molecule has 0 aliphatic rings. The zero-order valence-corrected chi connectivity index (χ0v) is 12.6. The Labute approximate surface area is 116 Å². The Morgan fingerprint density at radius 2 is 2.00 bits per heavy atom. The predicted octanol–water partition coefficient (Wildman–Crippen LogP) is 3.92. The molecule has 0 saturated heterocycles. The highest BCUT2D eigenvalue weighted by atomic mass is 35.5. The number of halogens is 1. The molecule has 2 nitrogen and oxygen atoms in total. The third-order valence-electron chi connectivity index (χ3n) is 3.02. The Bertz CT molecular complexity index is 366. The molecule has 102 valence electrons. The van der Waals surface area contributed by atoms with Gasteiger partial charge in [-0.2, -0.15) is 0 Å². The molecule has 1 rings (SSSR count). The molecule has 1 N–H and O–H groups in total. The van der Waals surface area contributed by atoms with E-state index in [1.165, 1.54) is 0 Å². The summed E-state index contributed by atoms with van der Waals surface area (Å²) in [5, 5.41) is 4.16. The highest BCUT2D eigenvalue weighted by Gasteiger charge is 2.15. The number of likely N-dealkylation sites (N-methyl/N-ethyl adjacent to an activating group) is 1. The number of ether oxygens (including phenoxy) is 1. The molecular formula is C15H24ClNO. The molecule has 0 spiro atoms. The Balaban J connectivity index is 2.74. The van der Waals surface area contributed by atoms with Crippen LogP contribution in [-0.4, -0.2) is 19.2 Å². The SMILES string of the molecule is CCNCC(Oc1ccc(Cl)c(CC)c1)C(C)C. The van der Waals surface area contributed by atoms with Crippen LogP contribution in [0, 0.1) is 5.92 Å². The normalized spacial score (nSPS) is 12.8. The number of aryl methyl sites for hydroxylation is 1. The molecule has 1 unspecified atom stereocenters. The maximum Gasteiger partial charge on any atom is 0.120 e. The minimum atomic E-state index is 0.191. The zero-order valence-electron chi connectivity index (χ0n) is 11.8. The van der Waals surface area contributed by atoms with E-state index in [0.717, 1.165) is 35.8 Å². The molecule has 1 aromatic carbocycles. The van der Waals surface area contributed by atoms with Gasteiger partial charge < -0.3 is 10.1 Å². The summed E-state index contributed by atoms with van der Waals surface area (Å²) in [5.74, 6) is 1.39. The third kappa shape index (κ3) is 4.51. The molecule has 0 bridgehead atoms. The Morgan fingerprint density at radius 3 is 2.56 bits per heavy atom. The van der Waals surface area contributed by atoms with Crippen molar-refractivity contribution in [2.45, 2.75) is 40.2 Å². The average molecular weight is 270 g/mol. The van der Waals surface area contributed by atoms with Gasteiger partial charge in [0.15, 0.2) is 0 Å². The van der Waals surface area contributed by atoms with Crippen molar-refractivity contribution in [3.05, 3.63) is 28.8 Å². The molecular weight excluding hydrogens is 246 g/mol. The summed E-state index contributed by atoms with van der Waals surface area (Å²) < 4.78 is 6.05. The lowest BCUT2D eigenvalue weighted by molar-refractivity contribution is 0.149. The minimum absolute atomic E-state index is 0.191. The van der Waals surface area contributed by atoms with Gasteiger partial charge >= 0.3 is 0 Å². The zero-order chi connectivity index (χ0) is 13.5. The molecule has 1 atom stereocenters. The maximum atomic E-state index is 6.11. The van der Waals surface area contributed by atoms with Gasteiger partial charge in [-0.1, -0.05) is 39.3 Å². The molecule has 0 saturated carbocycles. The first-order valence-corrected chi connectivity index (χ1v) is 7.12. The highest BCUT2D eigenvalue weighted by molar-refractivity contribution is 6.31. The van der Waals surface area contributed by atoms with E-state index in [1.54, 1.807) is 0 Å². The van der Waals surface area contributed by atoms with E-state index in [0.29, 0.717) is 5.92 Å². The smallest absolute Gasteiger partial charge is 0.120 e. The molecule has 0 aliphatic carbocycles. The summed E-state index contributed by atoms with van der Waals surface area (Å²) in [4.78, 5) is 0. The van der Waals surface area contributed by atoms with Crippen LogP contribution in [0.5, 0.6) is 5.75 Å². The molecule has 0 fully saturated rings. The number of hydrogen-bond donors (Lipinski definition) is 1. The van der Waals surface area contributed by atoms with E-state index in [1.807, 2.05) is 18.2 Å². The van der Waals surface area contributed by atoms with Crippen LogP contribution in [0.25, 0.3) is 0 Å². The van der Waals surface area contributed by atoms with Crippen LogP contribution in [0.1, 0.15) is 33.3 Å². The third-order valence-corrected chi connectivity index (χ3v) is 3.39. The van der Waals surface area contributed by atoms with Crippen molar-refractivity contribution in [2.75, 3.05) is 13.1 Å². The Morgan fingerprint density at radius 1 is 1.28 bits per heavy atom. The van der Waals surface area contributed by atoms with Crippen LogP contribution >= 0.6 is 11.6 Å². The quantitative estimate of drug-likeness (QED) is 0.810. The van der Waals surface area contributed by atoms with Crippen LogP contribution in [0.4, 0.5) is 0 Å². The number of hydrogen-bond acceptors (Lipinski definition) is 2. The van der Waals surface area contributed by atoms with Crippen molar-refractivity contribution in [3.63, 3.8) is 0 Å². The maximum absolute atomic E-state index is 6.11. The van der Waals surface area contributed by atoms with E-state index < -0.39 is 0 Å². The molecule has 0 aromatic heterocycles. The predicted molar refractivity (Wildman–Crippen MR) is 78.6 cm³/mol. The first-order valence-electron chi connectivity index (χ1n) is 6.74. The van der Waals surface area contributed by atoms with Crippen molar-refractivity contribution in [1.82, 2.24) is 5.32 Å². The summed E-state index contributed by atoms with van der Waals surface area (Å²) in [6, 6.07) is 5.91. The van der Waals surface area contributed by atoms with Crippen molar-refractivity contribution >= 4 is 11.6 Å². The van der Waals surface area contributed by atoms with E-state index >= 15 is 0 Å². The standard InChI is InChI=1S/C15H24ClNO/c1-5-12-9-13(7-8-14(12)16)18-15(11(3)4)10-17-6-2/h7-9,11,15,17H,5-6,10H2,1-4H3. The van der Waals surface area contributed by atoms with Crippen molar-refractivity contribution in [2.24, 2.45) is 5.92 Å². The van der Waals surface area contributed by atoms with Gasteiger partial charge in [-0.05, 0) is 42.6 Å². The molecule has 1 aromatic rings. The summed E-state index contributed by atoms with van der Waals surface area (Å²) in [6.07, 6.45) is 1.12. The highest BCUT2D eigenvalue weighted by Crippen LogP contribution is 2.24. The monoisotopic (exact) mass is 269 g/mol. The van der Waals surface area contributed by atoms with Crippen LogP contribution in [0.15, 0.2) is 18.2 Å². The first kappa shape index (κ1) is 15.3. The molecule has 0 radical (unpaired) electrons. The fraction of sp³-hybridized carbons (Fsp3) is 0.600. The molecule has 3 heteroatoms. The second-order valence-corrected chi connectivity index (χ2v) is 5.22. The van der Waals surface area contributed by atoms with Gasteiger partial charge in [0, 0.05) is 11.6 Å². The van der Waals surface area contributed by atoms with E-state index in [4.69, 9.17) is 16.3 Å². The van der Waals surface area contributed by atoms with Crippen LogP contribution in [0.2, 0.25) is 5.02 Å². The number of benzene rings is 1. The fourth-order valence-corrected chi connectivity index (χ4v) is 2.02. The molecule has 0 amide bonds. The summed E-state index contributed by atoms with van der Waals surface area (Å²) in [6.45, 7) is 10.4. The van der Waals surface area contributed by atoms with Gasteiger partial charge in [0.05, 0.1) is 0 Å². The fourth-order valence-electron chi connectivity index (χ4n) is 1.77. The lowest BCUT2D eigenvalue weighted by Crippen LogP contribution is -2.35. The first-order chi connectivity index (χ1) is 8.58. The second kappa shape index (κ2) is 7.65. The van der Waals surface area contributed by atoms with E-state index in [-0.39, 0.29) is 6.10 Å². The van der Waals surface area contributed by atoms with E-state index in [9.17, 15) is 0 Å². The van der Waals surface area contributed by atoms with Gasteiger partial charge in [-0.25, -0.2) is 0 Å². The van der Waals surface area contributed by atoms with Crippen LogP contribution < -0.4 is 10.1 Å². The topological polar surface area (TPSA) is 21.3 Å². The van der Waals surface area contributed by atoms with E-state index in [2.05, 4.69) is 33.0 Å². The summed E-state index contributed by atoms with van der Waals surface area (Å²) in [7, 11) is 0. The largest absolute Gasteiger partial charge is 0.489 e. The Hall–Kier alpha value is -0.730. The number of rotatable bonds is 7.